The molecule has 2 rings (SSSR count). The number of aryl methyl sites for hydroxylation is 1. The molecule has 1 saturated heterocycles. The number of carbonyl (C=O) groups excluding carboxylic acids is 1. The predicted octanol–water partition coefficient (Wildman–Crippen LogP) is 1.59. The van der Waals surface area contributed by atoms with Crippen LogP contribution in [0.5, 0.6) is 0 Å². The highest BCUT2D eigenvalue weighted by molar-refractivity contribution is 5.95. The highest BCUT2D eigenvalue weighted by atomic mass is 16.5. The molecular weight excluding hydrogens is 266 g/mol. The highest BCUT2D eigenvalue weighted by Gasteiger charge is 2.24. The molecule has 4 nitrogen and oxygen atoms in total. The van der Waals surface area contributed by atoms with Crippen LogP contribution in [0.25, 0.3) is 0 Å². The van der Waals surface area contributed by atoms with Crippen molar-refractivity contribution in [2.24, 2.45) is 0 Å². The van der Waals surface area contributed by atoms with E-state index in [9.17, 15) is 4.79 Å². The SMILES string of the molecule is Cc1ccc(C(=O)N2CCOCC2C)cc1C#CCCO. The van der Waals surface area contributed by atoms with Gasteiger partial charge in [-0.25, -0.2) is 0 Å². The first-order chi connectivity index (χ1) is 10.1. The van der Waals surface area contributed by atoms with Gasteiger partial charge in [-0.1, -0.05) is 17.9 Å². The van der Waals surface area contributed by atoms with E-state index in [1.807, 2.05) is 36.9 Å². The fraction of sp³-hybridized carbons (Fsp3) is 0.471. The maximum absolute atomic E-state index is 12.6. The molecule has 0 aromatic heterocycles. The first kappa shape index (κ1) is 15.6. The molecule has 1 fully saturated rings. The largest absolute Gasteiger partial charge is 0.395 e. The van der Waals surface area contributed by atoms with E-state index < -0.39 is 0 Å². The minimum Gasteiger partial charge on any atom is -0.395 e. The van der Waals surface area contributed by atoms with E-state index in [1.165, 1.54) is 0 Å². The minimum atomic E-state index is 0.0241. The summed E-state index contributed by atoms with van der Waals surface area (Å²) in [6.07, 6.45) is 0.443. The molecule has 1 aromatic carbocycles. The molecule has 1 heterocycles. The van der Waals surface area contributed by atoms with Crippen LogP contribution < -0.4 is 0 Å². The van der Waals surface area contributed by atoms with Crippen LogP contribution in [-0.4, -0.2) is 48.3 Å². The van der Waals surface area contributed by atoms with Crippen LogP contribution in [0.15, 0.2) is 18.2 Å². The van der Waals surface area contributed by atoms with Gasteiger partial charge in [-0.3, -0.25) is 4.79 Å². The molecule has 21 heavy (non-hydrogen) atoms. The fourth-order valence-corrected chi connectivity index (χ4v) is 2.30. The molecule has 1 atom stereocenters. The van der Waals surface area contributed by atoms with Crippen molar-refractivity contribution in [3.05, 3.63) is 34.9 Å². The van der Waals surface area contributed by atoms with Gasteiger partial charge in [0.2, 0.25) is 0 Å². The lowest BCUT2D eigenvalue weighted by Crippen LogP contribution is -2.47. The summed E-state index contributed by atoms with van der Waals surface area (Å²) in [6.45, 7) is 5.81. The first-order valence-corrected chi connectivity index (χ1v) is 7.22. The topological polar surface area (TPSA) is 49.8 Å². The second-order valence-electron chi connectivity index (χ2n) is 5.23. The van der Waals surface area contributed by atoms with Crippen molar-refractivity contribution in [3.8, 4) is 11.8 Å². The number of benzene rings is 1. The van der Waals surface area contributed by atoms with Crippen LogP contribution in [-0.2, 0) is 4.74 Å². The van der Waals surface area contributed by atoms with E-state index >= 15 is 0 Å². The van der Waals surface area contributed by atoms with E-state index in [0.29, 0.717) is 31.7 Å². The summed E-state index contributed by atoms with van der Waals surface area (Å²) in [4.78, 5) is 14.4. The zero-order valence-electron chi connectivity index (χ0n) is 12.6. The molecule has 0 bridgehead atoms. The Bertz CT molecular complexity index is 571. The monoisotopic (exact) mass is 287 g/mol. The normalized spacial score (nSPS) is 18.0. The van der Waals surface area contributed by atoms with Gasteiger partial charge in [-0.15, -0.1) is 0 Å². The van der Waals surface area contributed by atoms with Crippen LogP contribution in [0.2, 0.25) is 0 Å². The van der Waals surface area contributed by atoms with Crippen molar-refractivity contribution < 1.29 is 14.6 Å². The Morgan fingerprint density at radius 3 is 3.05 bits per heavy atom. The Labute approximate surface area is 125 Å². The number of aliphatic hydroxyl groups excluding tert-OH is 1. The van der Waals surface area contributed by atoms with E-state index in [2.05, 4.69) is 11.8 Å². The van der Waals surface area contributed by atoms with Crippen LogP contribution >= 0.6 is 0 Å². The van der Waals surface area contributed by atoms with Crippen molar-refractivity contribution in [2.75, 3.05) is 26.4 Å². The fourth-order valence-electron chi connectivity index (χ4n) is 2.30. The van der Waals surface area contributed by atoms with Gasteiger partial charge in [-0.05, 0) is 31.5 Å². The molecule has 1 aliphatic rings. The molecule has 112 valence electrons. The van der Waals surface area contributed by atoms with Crippen molar-refractivity contribution in [1.82, 2.24) is 4.90 Å². The molecular formula is C17H21NO3. The molecule has 0 aliphatic carbocycles. The summed E-state index contributed by atoms with van der Waals surface area (Å²) in [5.74, 6) is 5.94. The number of morpholine rings is 1. The highest BCUT2D eigenvalue weighted by Crippen LogP contribution is 2.15. The van der Waals surface area contributed by atoms with E-state index in [4.69, 9.17) is 9.84 Å². The first-order valence-electron chi connectivity index (χ1n) is 7.22. The van der Waals surface area contributed by atoms with Crippen molar-refractivity contribution in [1.29, 1.82) is 0 Å². The third kappa shape index (κ3) is 3.84. The Kier molecular flexibility index (Phi) is 5.38. The molecule has 0 spiro atoms. The van der Waals surface area contributed by atoms with Gasteiger partial charge in [0.05, 0.1) is 25.9 Å². The Hall–Kier alpha value is -1.83. The van der Waals surface area contributed by atoms with E-state index in [-0.39, 0.29) is 18.6 Å². The lowest BCUT2D eigenvalue weighted by Gasteiger charge is -2.33. The number of nitrogens with zero attached hydrogens (tertiary/aromatic N) is 1. The molecule has 1 aliphatic heterocycles. The van der Waals surface area contributed by atoms with E-state index in [0.717, 1.165) is 11.1 Å². The maximum atomic E-state index is 12.6. The Balaban J connectivity index is 2.22. The quantitative estimate of drug-likeness (QED) is 0.840. The van der Waals surface area contributed by atoms with Gasteiger partial charge in [0.15, 0.2) is 0 Å². The molecule has 1 aromatic rings. The summed E-state index contributed by atoms with van der Waals surface area (Å²) in [5, 5.41) is 8.78. The Morgan fingerprint density at radius 1 is 1.52 bits per heavy atom. The summed E-state index contributed by atoms with van der Waals surface area (Å²) in [7, 11) is 0. The van der Waals surface area contributed by atoms with Gasteiger partial charge < -0.3 is 14.7 Å². The zero-order chi connectivity index (χ0) is 15.2. The minimum absolute atomic E-state index is 0.0241. The van der Waals surface area contributed by atoms with Gasteiger partial charge >= 0.3 is 0 Å². The summed E-state index contributed by atoms with van der Waals surface area (Å²) in [5.41, 5.74) is 2.53. The summed E-state index contributed by atoms with van der Waals surface area (Å²) in [6, 6.07) is 5.69. The average Bonchev–Trinajstić information content (AvgIpc) is 2.49. The van der Waals surface area contributed by atoms with Gasteiger partial charge in [-0.2, -0.15) is 0 Å². The zero-order valence-corrected chi connectivity index (χ0v) is 12.6. The molecule has 4 heteroatoms. The Morgan fingerprint density at radius 2 is 2.33 bits per heavy atom. The van der Waals surface area contributed by atoms with Crippen molar-refractivity contribution in [2.45, 2.75) is 26.3 Å². The predicted molar refractivity (Wildman–Crippen MR) is 81.1 cm³/mol. The third-order valence-electron chi connectivity index (χ3n) is 3.57. The maximum Gasteiger partial charge on any atom is 0.254 e. The lowest BCUT2D eigenvalue weighted by molar-refractivity contribution is 0.00359. The third-order valence-corrected chi connectivity index (χ3v) is 3.57. The average molecular weight is 287 g/mol. The number of carbonyl (C=O) groups is 1. The molecule has 1 unspecified atom stereocenters. The smallest absolute Gasteiger partial charge is 0.254 e. The van der Waals surface area contributed by atoms with Crippen LogP contribution in [0.3, 0.4) is 0 Å². The molecule has 1 amide bonds. The molecule has 0 radical (unpaired) electrons. The number of rotatable bonds is 2. The number of hydrogen-bond acceptors (Lipinski definition) is 3. The van der Waals surface area contributed by atoms with Crippen molar-refractivity contribution >= 4 is 5.91 Å². The van der Waals surface area contributed by atoms with Crippen LogP contribution in [0.1, 0.15) is 34.8 Å². The number of hydrogen-bond donors (Lipinski definition) is 1. The number of aliphatic hydroxyl groups is 1. The molecule has 1 N–H and O–H groups in total. The van der Waals surface area contributed by atoms with Crippen LogP contribution in [0, 0.1) is 18.8 Å². The second-order valence-corrected chi connectivity index (χ2v) is 5.23. The summed E-state index contributed by atoms with van der Waals surface area (Å²) < 4.78 is 5.37. The van der Waals surface area contributed by atoms with Gasteiger partial charge in [0.25, 0.3) is 5.91 Å². The van der Waals surface area contributed by atoms with Gasteiger partial charge in [0, 0.05) is 24.1 Å². The molecule has 0 saturated carbocycles. The second kappa shape index (κ2) is 7.26. The van der Waals surface area contributed by atoms with E-state index in [1.54, 1.807) is 0 Å². The van der Waals surface area contributed by atoms with Crippen LogP contribution in [0.4, 0.5) is 0 Å². The van der Waals surface area contributed by atoms with Crippen molar-refractivity contribution in [3.63, 3.8) is 0 Å². The number of amides is 1. The standard InChI is InChI=1S/C17H21NO3/c1-13-6-7-16(11-15(13)5-3-4-9-19)17(20)18-8-10-21-12-14(18)2/h6-7,11,14,19H,4,8-10,12H2,1-2H3. The number of ether oxygens (including phenoxy) is 1. The lowest BCUT2D eigenvalue weighted by atomic mass is 10.0. The summed E-state index contributed by atoms with van der Waals surface area (Å²) >= 11 is 0. The van der Waals surface area contributed by atoms with Gasteiger partial charge in [0.1, 0.15) is 0 Å².